The molecule has 0 aliphatic heterocycles. The van der Waals surface area contributed by atoms with Gasteiger partial charge in [-0.2, -0.15) is 0 Å². The summed E-state index contributed by atoms with van der Waals surface area (Å²) in [6, 6.07) is 1.63. The Morgan fingerprint density at radius 3 is 2.72 bits per heavy atom. The van der Waals surface area contributed by atoms with Crippen molar-refractivity contribution < 1.29 is 9.90 Å². The first-order valence-electron chi connectivity index (χ1n) is 6.32. The van der Waals surface area contributed by atoms with Crippen molar-refractivity contribution in [1.29, 1.82) is 0 Å². The number of hydrogen-bond donors (Lipinski definition) is 2. The van der Waals surface area contributed by atoms with Crippen molar-refractivity contribution in [2.75, 3.05) is 5.32 Å². The molecule has 1 aromatic heterocycles. The third kappa shape index (κ3) is 5.12. The lowest BCUT2D eigenvalue weighted by molar-refractivity contribution is 0.0690. The van der Waals surface area contributed by atoms with E-state index in [0.29, 0.717) is 11.9 Å². The molecule has 0 bridgehead atoms. The Hall–Kier alpha value is -1.65. The molecule has 18 heavy (non-hydrogen) atoms. The first kappa shape index (κ1) is 14.4. The van der Waals surface area contributed by atoms with Crippen molar-refractivity contribution in [1.82, 2.24) is 9.97 Å². The second-order valence-corrected chi connectivity index (χ2v) is 4.94. The van der Waals surface area contributed by atoms with E-state index in [0.717, 1.165) is 12.8 Å². The predicted molar refractivity (Wildman–Crippen MR) is 70.8 cm³/mol. The largest absolute Gasteiger partial charge is 0.477 e. The maximum Gasteiger partial charge on any atom is 0.354 e. The van der Waals surface area contributed by atoms with E-state index in [-0.39, 0.29) is 11.7 Å². The van der Waals surface area contributed by atoms with Crippen LogP contribution in [0.3, 0.4) is 0 Å². The Morgan fingerprint density at radius 2 is 2.11 bits per heavy atom. The minimum absolute atomic E-state index is 0.0156. The molecule has 0 saturated heterocycles. The van der Waals surface area contributed by atoms with Gasteiger partial charge < -0.3 is 10.4 Å². The minimum atomic E-state index is -1.03. The number of nitrogens with zero attached hydrogens (tertiary/aromatic N) is 2. The van der Waals surface area contributed by atoms with Crippen LogP contribution < -0.4 is 5.32 Å². The molecule has 1 aromatic rings. The highest BCUT2D eigenvalue weighted by atomic mass is 16.4. The van der Waals surface area contributed by atoms with Gasteiger partial charge in [-0.1, -0.05) is 26.7 Å². The summed E-state index contributed by atoms with van der Waals surface area (Å²) >= 11 is 0. The van der Waals surface area contributed by atoms with Gasteiger partial charge in [0.25, 0.3) is 0 Å². The number of aromatic carboxylic acids is 1. The number of carbonyl (C=O) groups is 1. The number of anilines is 1. The van der Waals surface area contributed by atoms with Crippen LogP contribution in [0.2, 0.25) is 0 Å². The SMILES string of the molecule is CC(C)CCCC(C)Nc1nccc(C(=O)O)n1. The van der Waals surface area contributed by atoms with Gasteiger partial charge in [0, 0.05) is 12.2 Å². The highest BCUT2D eigenvalue weighted by molar-refractivity contribution is 5.85. The fourth-order valence-electron chi connectivity index (χ4n) is 1.67. The Kier molecular flexibility index (Phi) is 5.55. The normalized spacial score (nSPS) is 12.4. The lowest BCUT2D eigenvalue weighted by atomic mass is 10.0. The summed E-state index contributed by atoms with van der Waals surface area (Å²) < 4.78 is 0. The molecule has 0 amide bonds. The van der Waals surface area contributed by atoms with Gasteiger partial charge in [0.15, 0.2) is 5.69 Å². The van der Waals surface area contributed by atoms with Crippen LogP contribution in [0, 0.1) is 5.92 Å². The fourth-order valence-corrected chi connectivity index (χ4v) is 1.67. The standard InChI is InChI=1S/C13H21N3O2/c1-9(2)5-4-6-10(3)15-13-14-8-7-11(16-13)12(17)18/h7-10H,4-6H2,1-3H3,(H,17,18)(H,14,15,16). The molecule has 0 fully saturated rings. The Balaban J connectivity index is 2.46. The molecule has 100 valence electrons. The number of aromatic nitrogens is 2. The van der Waals surface area contributed by atoms with Gasteiger partial charge in [0.1, 0.15) is 0 Å². The van der Waals surface area contributed by atoms with E-state index in [9.17, 15) is 4.79 Å². The zero-order chi connectivity index (χ0) is 13.5. The maximum atomic E-state index is 10.8. The van der Waals surface area contributed by atoms with E-state index in [1.165, 1.54) is 18.7 Å². The molecule has 1 rings (SSSR count). The first-order valence-corrected chi connectivity index (χ1v) is 6.32. The summed E-state index contributed by atoms with van der Waals surface area (Å²) in [5.41, 5.74) is 0.0156. The molecular formula is C13H21N3O2. The lowest BCUT2D eigenvalue weighted by Gasteiger charge is -2.14. The molecule has 1 heterocycles. The molecule has 2 N–H and O–H groups in total. The van der Waals surface area contributed by atoms with E-state index in [4.69, 9.17) is 5.11 Å². The van der Waals surface area contributed by atoms with Gasteiger partial charge in [-0.05, 0) is 25.3 Å². The highest BCUT2D eigenvalue weighted by Crippen LogP contribution is 2.11. The highest BCUT2D eigenvalue weighted by Gasteiger charge is 2.08. The Morgan fingerprint density at radius 1 is 1.39 bits per heavy atom. The average Bonchev–Trinajstić information content (AvgIpc) is 2.28. The van der Waals surface area contributed by atoms with Crippen LogP contribution >= 0.6 is 0 Å². The smallest absolute Gasteiger partial charge is 0.354 e. The van der Waals surface area contributed by atoms with Crippen molar-refractivity contribution >= 4 is 11.9 Å². The summed E-state index contributed by atoms with van der Waals surface area (Å²) in [6.07, 6.45) is 4.82. The second-order valence-electron chi connectivity index (χ2n) is 4.94. The van der Waals surface area contributed by atoms with Gasteiger partial charge in [-0.3, -0.25) is 0 Å². The van der Waals surface area contributed by atoms with Crippen LogP contribution in [0.15, 0.2) is 12.3 Å². The van der Waals surface area contributed by atoms with E-state index < -0.39 is 5.97 Å². The van der Waals surface area contributed by atoms with Crippen molar-refractivity contribution in [3.8, 4) is 0 Å². The van der Waals surface area contributed by atoms with Gasteiger partial charge in [-0.15, -0.1) is 0 Å². The molecule has 0 aliphatic rings. The number of hydrogen-bond acceptors (Lipinski definition) is 4. The van der Waals surface area contributed by atoms with E-state index >= 15 is 0 Å². The number of carboxylic acid groups (broad SMARTS) is 1. The molecule has 1 atom stereocenters. The van der Waals surface area contributed by atoms with Crippen LogP contribution in [0.25, 0.3) is 0 Å². The monoisotopic (exact) mass is 251 g/mol. The summed E-state index contributed by atoms with van der Waals surface area (Å²) in [4.78, 5) is 18.7. The molecule has 5 heteroatoms. The van der Waals surface area contributed by atoms with E-state index in [1.807, 2.05) is 0 Å². The van der Waals surface area contributed by atoms with Gasteiger partial charge in [0.05, 0.1) is 0 Å². The maximum absolute atomic E-state index is 10.8. The van der Waals surface area contributed by atoms with Crippen LogP contribution in [0.4, 0.5) is 5.95 Å². The summed E-state index contributed by atoms with van der Waals surface area (Å²) in [5.74, 6) is 0.0589. The molecule has 0 aromatic carbocycles. The zero-order valence-corrected chi connectivity index (χ0v) is 11.2. The fraction of sp³-hybridized carbons (Fsp3) is 0.615. The quantitative estimate of drug-likeness (QED) is 0.779. The summed E-state index contributed by atoms with van der Waals surface area (Å²) in [5, 5.41) is 12.0. The van der Waals surface area contributed by atoms with Crippen molar-refractivity contribution in [3.63, 3.8) is 0 Å². The van der Waals surface area contributed by atoms with Crippen LogP contribution in [-0.4, -0.2) is 27.1 Å². The van der Waals surface area contributed by atoms with Crippen LogP contribution in [-0.2, 0) is 0 Å². The molecule has 0 spiro atoms. The lowest BCUT2D eigenvalue weighted by Crippen LogP contribution is -2.18. The van der Waals surface area contributed by atoms with Gasteiger partial charge in [-0.25, -0.2) is 14.8 Å². The number of nitrogens with one attached hydrogen (secondary N) is 1. The second kappa shape index (κ2) is 6.93. The molecule has 0 aliphatic carbocycles. The van der Waals surface area contributed by atoms with Crippen molar-refractivity contribution in [2.24, 2.45) is 5.92 Å². The summed E-state index contributed by atoms with van der Waals surface area (Å²) in [6.45, 7) is 6.46. The third-order valence-electron chi connectivity index (χ3n) is 2.67. The Labute approximate surface area is 108 Å². The van der Waals surface area contributed by atoms with Crippen molar-refractivity contribution in [3.05, 3.63) is 18.0 Å². The van der Waals surface area contributed by atoms with E-state index in [2.05, 4.69) is 36.1 Å². The molecule has 5 nitrogen and oxygen atoms in total. The molecule has 0 saturated carbocycles. The topological polar surface area (TPSA) is 75.1 Å². The van der Waals surface area contributed by atoms with Crippen molar-refractivity contribution in [2.45, 2.75) is 46.1 Å². The Bertz CT molecular complexity index is 394. The van der Waals surface area contributed by atoms with Crippen LogP contribution in [0.5, 0.6) is 0 Å². The average molecular weight is 251 g/mol. The summed E-state index contributed by atoms with van der Waals surface area (Å²) in [7, 11) is 0. The van der Waals surface area contributed by atoms with Crippen LogP contribution in [0.1, 0.15) is 50.5 Å². The zero-order valence-electron chi connectivity index (χ0n) is 11.2. The predicted octanol–water partition coefficient (Wildman–Crippen LogP) is 2.80. The number of carboxylic acids is 1. The molecule has 1 unspecified atom stereocenters. The first-order chi connectivity index (χ1) is 8.49. The third-order valence-corrected chi connectivity index (χ3v) is 2.67. The van der Waals surface area contributed by atoms with Gasteiger partial charge >= 0.3 is 5.97 Å². The van der Waals surface area contributed by atoms with E-state index in [1.54, 1.807) is 0 Å². The number of rotatable bonds is 7. The molecule has 0 radical (unpaired) electrons. The van der Waals surface area contributed by atoms with Gasteiger partial charge in [0.2, 0.25) is 5.95 Å². The molecular weight excluding hydrogens is 230 g/mol. The minimum Gasteiger partial charge on any atom is -0.477 e.